The van der Waals surface area contributed by atoms with Gasteiger partial charge in [0.05, 0.1) is 0 Å². The van der Waals surface area contributed by atoms with E-state index in [1.54, 1.807) is 0 Å². The number of carbonyl (C=O) groups excluding carboxylic acids is 1. The molecule has 0 unspecified atom stereocenters. The fraction of sp³-hybridized carbons (Fsp3) is 0.800. The summed E-state index contributed by atoms with van der Waals surface area (Å²) in [5.41, 5.74) is 0. The van der Waals surface area contributed by atoms with Crippen LogP contribution < -0.4 is 15.5 Å². The van der Waals surface area contributed by atoms with Crippen molar-refractivity contribution in [3.63, 3.8) is 0 Å². The number of carbonyl (C=O) groups is 1. The largest absolute Gasteiger partial charge is 0.344 e. The van der Waals surface area contributed by atoms with Crippen molar-refractivity contribution in [1.82, 2.24) is 20.4 Å². The van der Waals surface area contributed by atoms with Crippen molar-refractivity contribution < 1.29 is 4.79 Å². The first kappa shape index (κ1) is 15.1. The molecule has 8 heteroatoms. The Morgan fingerprint density at radius 1 is 1.04 bits per heavy atom. The van der Waals surface area contributed by atoms with Crippen molar-refractivity contribution in [2.45, 2.75) is 50.6 Å². The van der Waals surface area contributed by atoms with Crippen molar-refractivity contribution in [3.05, 3.63) is 0 Å². The van der Waals surface area contributed by atoms with E-state index in [4.69, 9.17) is 0 Å². The minimum absolute atomic E-state index is 0.154. The zero-order valence-electron chi connectivity index (χ0n) is 13.3. The topological polar surface area (TPSA) is 73.4 Å². The maximum Gasteiger partial charge on any atom is 0.321 e. The standard InChI is InChI=1S/C15H24N6OS/c22-13(16-11-3-1-2-4-11)17-14-18-19-15(23-14)21-9-7-20(8-10-21)12-5-6-12/h11-12H,1-10H2,(H2,16,17,18,22). The predicted molar refractivity (Wildman–Crippen MR) is 91.1 cm³/mol. The maximum absolute atomic E-state index is 12.0. The molecule has 0 radical (unpaired) electrons. The minimum atomic E-state index is -0.154. The van der Waals surface area contributed by atoms with Gasteiger partial charge in [0.1, 0.15) is 0 Å². The van der Waals surface area contributed by atoms with Crippen LogP contribution in [0.15, 0.2) is 0 Å². The molecular weight excluding hydrogens is 312 g/mol. The third-order valence-corrected chi connectivity index (χ3v) is 5.87. The highest BCUT2D eigenvalue weighted by Gasteiger charge is 2.31. The highest BCUT2D eigenvalue weighted by Crippen LogP contribution is 2.30. The Balaban J connectivity index is 1.27. The minimum Gasteiger partial charge on any atom is -0.344 e. The van der Waals surface area contributed by atoms with E-state index >= 15 is 0 Å². The molecule has 1 aliphatic heterocycles. The Labute approximate surface area is 140 Å². The number of urea groups is 1. The first-order chi connectivity index (χ1) is 11.3. The lowest BCUT2D eigenvalue weighted by Gasteiger charge is -2.34. The molecule has 0 aromatic carbocycles. The molecule has 1 aromatic rings. The highest BCUT2D eigenvalue weighted by atomic mass is 32.1. The van der Waals surface area contributed by atoms with Crippen LogP contribution in [-0.2, 0) is 0 Å². The molecule has 2 aliphatic carbocycles. The summed E-state index contributed by atoms with van der Waals surface area (Å²) in [6.07, 6.45) is 7.31. The van der Waals surface area contributed by atoms with Crippen molar-refractivity contribution in [2.75, 3.05) is 36.4 Å². The van der Waals surface area contributed by atoms with Crippen LogP contribution in [0.5, 0.6) is 0 Å². The molecule has 23 heavy (non-hydrogen) atoms. The molecule has 0 atom stereocenters. The monoisotopic (exact) mass is 336 g/mol. The summed E-state index contributed by atoms with van der Waals surface area (Å²) in [6.45, 7) is 4.21. The molecule has 3 aliphatic rings. The highest BCUT2D eigenvalue weighted by molar-refractivity contribution is 7.19. The molecule has 2 saturated carbocycles. The number of aromatic nitrogens is 2. The summed E-state index contributed by atoms with van der Waals surface area (Å²) in [5, 5.41) is 15.7. The summed E-state index contributed by atoms with van der Waals surface area (Å²) in [5.74, 6) is 0. The van der Waals surface area contributed by atoms with Crippen molar-refractivity contribution in [2.24, 2.45) is 0 Å². The van der Waals surface area contributed by atoms with E-state index in [1.165, 1.54) is 37.0 Å². The quantitative estimate of drug-likeness (QED) is 0.878. The normalized spacial score (nSPS) is 23.2. The third kappa shape index (κ3) is 3.74. The predicted octanol–water partition coefficient (Wildman–Crippen LogP) is 1.89. The first-order valence-corrected chi connectivity index (χ1v) is 9.49. The third-order valence-electron chi connectivity index (χ3n) is 4.97. The Bertz CT molecular complexity index is 546. The first-order valence-electron chi connectivity index (χ1n) is 8.68. The van der Waals surface area contributed by atoms with Gasteiger partial charge in [0.15, 0.2) is 0 Å². The van der Waals surface area contributed by atoms with Crippen LogP contribution in [0.3, 0.4) is 0 Å². The van der Waals surface area contributed by atoms with E-state index in [0.717, 1.165) is 50.2 Å². The van der Waals surface area contributed by atoms with E-state index in [-0.39, 0.29) is 6.03 Å². The lowest BCUT2D eigenvalue weighted by molar-refractivity contribution is 0.248. The molecule has 4 rings (SSSR count). The number of nitrogens with zero attached hydrogens (tertiary/aromatic N) is 4. The molecule has 2 heterocycles. The van der Waals surface area contributed by atoms with Crippen LogP contribution in [0.25, 0.3) is 0 Å². The summed E-state index contributed by atoms with van der Waals surface area (Å²) < 4.78 is 0. The van der Waals surface area contributed by atoms with Gasteiger partial charge in [0, 0.05) is 38.3 Å². The Kier molecular flexibility index (Phi) is 4.35. The molecule has 126 valence electrons. The van der Waals surface area contributed by atoms with Gasteiger partial charge in [-0.25, -0.2) is 4.79 Å². The lowest BCUT2D eigenvalue weighted by atomic mass is 10.3. The van der Waals surface area contributed by atoms with E-state index in [1.807, 2.05) is 0 Å². The van der Waals surface area contributed by atoms with Crippen LogP contribution in [0.2, 0.25) is 0 Å². The number of nitrogens with one attached hydrogen (secondary N) is 2. The number of rotatable bonds is 4. The van der Waals surface area contributed by atoms with Crippen LogP contribution in [0.4, 0.5) is 15.1 Å². The Morgan fingerprint density at radius 2 is 1.78 bits per heavy atom. The molecule has 3 fully saturated rings. The van der Waals surface area contributed by atoms with Gasteiger partial charge in [-0.1, -0.05) is 24.2 Å². The Hall–Kier alpha value is -1.41. The fourth-order valence-corrected chi connectivity index (χ4v) is 4.29. The number of hydrogen-bond acceptors (Lipinski definition) is 6. The summed E-state index contributed by atoms with van der Waals surface area (Å²) >= 11 is 1.46. The molecule has 0 bridgehead atoms. The average Bonchev–Trinajstić information content (AvgIpc) is 3.09. The molecule has 1 aromatic heterocycles. The average molecular weight is 336 g/mol. The van der Waals surface area contributed by atoms with Gasteiger partial charge in [-0.2, -0.15) is 0 Å². The SMILES string of the molecule is O=C(Nc1nnc(N2CCN(C3CC3)CC2)s1)NC1CCCC1. The van der Waals surface area contributed by atoms with E-state index in [2.05, 4.69) is 30.6 Å². The second kappa shape index (κ2) is 6.60. The smallest absolute Gasteiger partial charge is 0.321 e. The van der Waals surface area contributed by atoms with Crippen LogP contribution in [0, 0.1) is 0 Å². The summed E-state index contributed by atoms with van der Waals surface area (Å²) in [4.78, 5) is 16.8. The van der Waals surface area contributed by atoms with Gasteiger partial charge in [-0.3, -0.25) is 10.2 Å². The number of piperazine rings is 1. The number of anilines is 2. The van der Waals surface area contributed by atoms with Crippen LogP contribution in [0.1, 0.15) is 38.5 Å². The lowest BCUT2D eigenvalue weighted by Crippen LogP contribution is -2.47. The van der Waals surface area contributed by atoms with Gasteiger partial charge < -0.3 is 10.2 Å². The molecular formula is C15H24N6OS. The molecule has 7 nitrogen and oxygen atoms in total. The van der Waals surface area contributed by atoms with Crippen molar-refractivity contribution >= 4 is 27.6 Å². The molecule has 1 saturated heterocycles. The number of amides is 2. The van der Waals surface area contributed by atoms with E-state index < -0.39 is 0 Å². The van der Waals surface area contributed by atoms with Crippen molar-refractivity contribution in [1.29, 1.82) is 0 Å². The van der Waals surface area contributed by atoms with Gasteiger partial charge in [-0.15, -0.1) is 10.2 Å². The van der Waals surface area contributed by atoms with E-state index in [9.17, 15) is 4.79 Å². The van der Waals surface area contributed by atoms with Crippen molar-refractivity contribution in [3.8, 4) is 0 Å². The second-order valence-corrected chi connectivity index (χ2v) is 7.68. The van der Waals surface area contributed by atoms with Gasteiger partial charge in [0.2, 0.25) is 10.3 Å². The molecule has 2 N–H and O–H groups in total. The second-order valence-electron chi connectivity index (χ2n) is 6.72. The number of hydrogen-bond donors (Lipinski definition) is 2. The maximum atomic E-state index is 12.0. The van der Waals surface area contributed by atoms with Crippen LogP contribution in [-0.4, -0.2) is 59.4 Å². The Morgan fingerprint density at radius 3 is 2.48 bits per heavy atom. The molecule has 2 amide bonds. The van der Waals surface area contributed by atoms with E-state index in [0.29, 0.717) is 11.2 Å². The van der Waals surface area contributed by atoms with Gasteiger partial charge in [-0.05, 0) is 25.7 Å². The van der Waals surface area contributed by atoms with Gasteiger partial charge in [0.25, 0.3) is 0 Å². The van der Waals surface area contributed by atoms with Crippen LogP contribution >= 0.6 is 11.3 Å². The zero-order chi connectivity index (χ0) is 15.6. The summed E-state index contributed by atoms with van der Waals surface area (Å²) in [6, 6.07) is 0.999. The molecule has 0 spiro atoms. The van der Waals surface area contributed by atoms with Gasteiger partial charge >= 0.3 is 6.03 Å². The summed E-state index contributed by atoms with van der Waals surface area (Å²) in [7, 11) is 0. The zero-order valence-corrected chi connectivity index (χ0v) is 14.1. The fourth-order valence-electron chi connectivity index (χ4n) is 3.50.